The Kier molecular flexibility index (Phi) is 3.69. The number of hydrogen-bond donors (Lipinski definition) is 0. The van der Waals surface area contributed by atoms with E-state index in [1.807, 2.05) is 0 Å². The Morgan fingerprint density at radius 1 is 1.08 bits per heavy atom. The third-order valence-corrected chi connectivity index (χ3v) is 11.9. The van der Waals surface area contributed by atoms with Crippen molar-refractivity contribution in [3.8, 4) is 0 Å². The molecule has 3 saturated carbocycles. The molecule has 0 radical (unpaired) electrons. The summed E-state index contributed by atoms with van der Waals surface area (Å²) in [5.41, 5.74) is 3.34. The molecule has 5 rings (SSSR count). The molecular formula is C22H30OS2. The van der Waals surface area contributed by atoms with E-state index in [1.165, 1.54) is 42.8 Å². The Hall–Kier alpha value is -0.150. The lowest BCUT2D eigenvalue weighted by atomic mass is 9.46. The second kappa shape index (κ2) is 5.44. The fourth-order valence-corrected chi connectivity index (χ4v) is 10.4. The summed E-state index contributed by atoms with van der Waals surface area (Å²) in [6, 6.07) is 0. The van der Waals surface area contributed by atoms with Gasteiger partial charge in [-0.15, -0.1) is 23.5 Å². The quantitative estimate of drug-likeness (QED) is 0.494. The van der Waals surface area contributed by atoms with Crippen LogP contribution in [-0.2, 0) is 4.79 Å². The molecule has 1 heterocycles. The number of carbonyl (C=O) groups excluding carboxylic acids is 1. The molecule has 0 aromatic heterocycles. The summed E-state index contributed by atoms with van der Waals surface area (Å²) in [4.78, 5) is 12.6. The van der Waals surface area contributed by atoms with Crippen LogP contribution in [0.15, 0.2) is 23.8 Å². The van der Waals surface area contributed by atoms with Gasteiger partial charge in [0.05, 0.1) is 4.08 Å². The minimum Gasteiger partial charge on any atom is -0.299 e. The normalized spacial score (nSPS) is 48.1. The Bertz CT molecular complexity index is 674. The highest BCUT2D eigenvalue weighted by atomic mass is 32.2. The zero-order valence-corrected chi connectivity index (χ0v) is 17.2. The average molecular weight is 375 g/mol. The molecule has 0 N–H and O–H groups in total. The van der Waals surface area contributed by atoms with Gasteiger partial charge in [-0.1, -0.05) is 37.6 Å². The molecular weight excluding hydrogens is 344 g/mol. The second-order valence-electron chi connectivity index (χ2n) is 9.60. The molecule has 0 unspecified atom stereocenters. The first-order valence-electron chi connectivity index (χ1n) is 10.1. The highest BCUT2D eigenvalue weighted by molar-refractivity contribution is 8.21. The van der Waals surface area contributed by atoms with Gasteiger partial charge in [0.1, 0.15) is 5.78 Å². The number of ketones is 1. The molecule has 0 bridgehead atoms. The van der Waals surface area contributed by atoms with Crippen molar-refractivity contribution >= 4 is 29.3 Å². The van der Waals surface area contributed by atoms with Crippen LogP contribution < -0.4 is 0 Å². The monoisotopic (exact) mass is 374 g/mol. The summed E-state index contributed by atoms with van der Waals surface area (Å²) >= 11 is 4.37. The minimum absolute atomic E-state index is 0.0944. The van der Waals surface area contributed by atoms with E-state index >= 15 is 0 Å². The van der Waals surface area contributed by atoms with Crippen LogP contribution >= 0.6 is 23.5 Å². The molecule has 0 aromatic rings. The van der Waals surface area contributed by atoms with Crippen LogP contribution in [0, 0.1) is 28.6 Å². The SMILES string of the molecule is C=C1C[C@]2(C)C(=O)CC[C@H]2[C@@H]2CCC3=CC4(CC[C@]3(C)[C@@H]12)SCCS4. The summed E-state index contributed by atoms with van der Waals surface area (Å²) in [6.07, 6.45) is 10.8. The van der Waals surface area contributed by atoms with Gasteiger partial charge in [-0.3, -0.25) is 4.79 Å². The number of rotatable bonds is 0. The van der Waals surface area contributed by atoms with Crippen molar-refractivity contribution in [1.29, 1.82) is 0 Å². The van der Waals surface area contributed by atoms with E-state index in [0.717, 1.165) is 19.3 Å². The van der Waals surface area contributed by atoms with Gasteiger partial charge in [-0.2, -0.15) is 0 Å². The molecule has 1 nitrogen and oxygen atoms in total. The third-order valence-electron chi connectivity index (χ3n) is 8.45. The maximum Gasteiger partial charge on any atom is 0.139 e. The van der Waals surface area contributed by atoms with Gasteiger partial charge in [0.2, 0.25) is 0 Å². The first-order valence-corrected chi connectivity index (χ1v) is 12.1. The molecule has 4 aliphatic carbocycles. The fraction of sp³-hybridized carbons (Fsp3) is 0.773. The number of Topliss-reactive ketones (excluding diaryl/α,β-unsaturated/α-hetero) is 1. The first kappa shape index (κ1) is 17.0. The van der Waals surface area contributed by atoms with E-state index in [9.17, 15) is 4.79 Å². The van der Waals surface area contributed by atoms with E-state index in [-0.39, 0.29) is 5.41 Å². The van der Waals surface area contributed by atoms with Crippen molar-refractivity contribution in [1.82, 2.24) is 0 Å². The first-order chi connectivity index (χ1) is 11.9. The highest BCUT2D eigenvalue weighted by Crippen LogP contribution is 2.68. The maximum atomic E-state index is 12.6. The molecule has 0 amide bonds. The molecule has 5 atom stereocenters. The van der Waals surface area contributed by atoms with Crippen LogP contribution in [0.4, 0.5) is 0 Å². The van der Waals surface area contributed by atoms with Crippen LogP contribution in [0.3, 0.4) is 0 Å². The summed E-state index contributed by atoms with van der Waals surface area (Å²) in [5, 5.41) is 0. The van der Waals surface area contributed by atoms with Gasteiger partial charge in [0, 0.05) is 23.3 Å². The largest absolute Gasteiger partial charge is 0.299 e. The topological polar surface area (TPSA) is 17.1 Å². The molecule has 5 aliphatic rings. The Balaban J connectivity index is 1.53. The Labute approximate surface area is 160 Å². The second-order valence-corrected chi connectivity index (χ2v) is 12.7. The van der Waals surface area contributed by atoms with E-state index in [1.54, 1.807) is 5.57 Å². The Morgan fingerprint density at radius 3 is 2.60 bits per heavy atom. The molecule has 1 spiro atoms. The maximum absolute atomic E-state index is 12.6. The summed E-state index contributed by atoms with van der Waals surface area (Å²) in [5.74, 6) is 5.06. The van der Waals surface area contributed by atoms with E-state index < -0.39 is 0 Å². The zero-order valence-electron chi connectivity index (χ0n) is 15.6. The predicted octanol–water partition coefficient (Wildman–Crippen LogP) is 5.86. The van der Waals surface area contributed by atoms with Gasteiger partial charge in [0.25, 0.3) is 0 Å². The van der Waals surface area contributed by atoms with Crippen LogP contribution in [0.1, 0.15) is 58.8 Å². The van der Waals surface area contributed by atoms with Crippen molar-refractivity contribution in [3.63, 3.8) is 0 Å². The summed E-state index contributed by atoms with van der Waals surface area (Å²) in [6.45, 7) is 9.37. The van der Waals surface area contributed by atoms with Crippen LogP contribution in [0.25, 0.3) is 0 Å². The van der Waals surface area contributed by atoms with Gasteiger partial charge in [-0.05, 0) is 61.7 Å². The summed E-state index contributed by atoms with van der Waals surface area (Å²) < 4.78 is 0.384. The van der Waals surface area contributed by atoms with Crippen molar-refractivity contribution in [2.45, 2.75) is 62.9 Å². The van der Waals surface area contributed by atoms with Crippen molar-refractivity contribution in [2.24, 2.45) is 28.6 Å². The number of hydrogen-bond acceptors (Lipinski definition) is 3. The number of allylic oxidation sites excluding steroid dienone is 2. The molecule has 136 valence electrons. The number of carbonyl (C=O) groups is 1. The standard InChI is InChI=1S/C22H30OS2/c1-14-12-21(3)17(6-7-18(21)23)16-5-4-15-13-22(24-10-11-25-22)9-8-20(15,2)19(14)16/h13,16-17,19H,1,4-12H2,2-3H3/t16-,17-,19-,20-,21-/m0/s1. The minimum atomic E-state index is -0.0944. The lowest BCUT2D eigenvalue weighted by Gasteiger charge is -2.59. The molecule has 0 aromatic carbocycles. The van der Waals surface area contributed by atoms with Crippen LogP contribution in [-0.4, -0.2) is 21.4 Å². The zero-order chi connectivity index (χ0) is 17.4. The lowest BCUT2D eigenvalue weighted by molar-refractivity contribution is -0.129. The number of thioether (sulfide) groups is 2. The van der Waals surface area contributed by atoms with Crippen LogP contribution in [0.2, 0.25) is 0 Å². The lowest BCUT2D eigenvalue weighted by Crippen LogP contribution is -2.52. The molecule has 4 fully saturated rings. The van der Waals surface area contributed by atoms with Gasteiger partial charge < -0.3 is 0 Å². The predicted molar refractivity (Wildman–Crippen MR) is 109 cm³/mol. The van der Waals surface area contributed by atoms with Gasteiger partial charge in [0.15, 0.2) is 0 Å². The average Bonchev–Trinajstić information content (AvgIpc) is 3.13. The Morgan fingerprint density at radius 2 is 1.84 bits per heavy atom. The van der Waals surface area contributed by atoms with Gasteiger partial charge in [-0.25, -0.2) is 0 Å². The van der Waals surface area contributed by atoms with Gasteiger partial charge >= 0.3 is 0 Å². The van der Waals surface area contributed by atoms with Crippen molar-refractivity contribution in [3.05, 3.63) is 23.8 Å². The van der Waals surface area contributed by atoms with E-state index in [2.05, 4.69) is 50.0 Å². The molecule has 1 saturated heterocycles. The summed E-state index contributed by atoms with van der Waals surface area (Å²) in [7, 11) is 0. The smallest absolute Gasteiger partial charge is 0.139 e. The number of fused-ring (bicyclic) bond motifs is 5. The van der Waals surface area contributed by atoms with E-state index in [4.69, 9.17) is 0 Å². The molecule has 1 aliphatic heterocycles. The fourth-order valence-electron chi connectivity index (χ4n) is 7.25. The van der Waals surface area contributed by atoms with E-state index in [0.29, 0.717) is 33.0 Å². The third kappa shape index (κ3) is 2.21. The molecule has 3 heteroatoms. The highest BCUT2D eigenvalue weighted by Gasteiger charge is 2.61. The molecule has 25 heavy (non-hydrogen) atoms. The van der Waals surface area contributed by atoms with Crippen molar-refractivity contribution < 1.29 is 4.79 Å². The van der Waals surface area contributed by atoms with Crippen LogP contribution in [0.5, 0.6) is 0 Å². The van der Waals surface area contributed by atoms with Crippen molar-refractivity contribution in [2.75, 3.05) is 11.5 Å².